The van der Waals surface area contributed by atoms with Crippen molar-refractivity contribution in [2.75, 3.05) is 26.2 Å². The van der Waals surface area contributed by atoms with Crippen molar-refractivity contribution in [2.45, 2.75) is 25.7 Å². The minimum atomic E-state index is 0.345. The Bertz CT molecular complexity index is 610. The van der Waals surface area contributed by atoms with Gasteiger partial charge in [0.2, 0.25) is 0 Å². The summed E-state index contributed by atoms with van der Waals surface area (Å²) in [6, 6.07) is 11.3. The Morgan fingerprint density at radius 2 is 1.74 bits per heavy atom. The van der Waals surface area contributed by atoms with Gasteiger partial charge in [0, 0.05) is 12.1 Å². The maximum atomic E-state index is 10.7. The zero-order valence-electron chi connectivity index (χ0n) is 13.4. The molecule has 0 unspecified atom stereocenters. The highest BCUT2D eigenvalue weighted by molar-refractivity contribution is 5.72. The van der Waals surface area contributed by atoms with Gasteiger partial charge < -0.3 is 9.15 Å². The standard InChI is InChI=1S/C19H23NO3/c21-15-18-9-10-19(23-18)16-5-7-17(8-6-16)22-14-13-20-11-3-1-2-4-12-20/h5-10,15H,1-4,11-14H2. The van der Waals surface area contributed by atoms with Crippen LogP contribution in [0.5, 0.6) is 5.75 Å². The van der Waals surface area contributed by atoms with Gasteiger partial charge in [-0.15, -0.1) is 0 Å². The van der Waals surface area contributed by atoms with Gasteiger partial charge >= 0.3 is 0 Å². The van der Waals surface area contributed by atoms with Crippen molar-refractivity contribution in [1.29, 1.82) is 0 Å². The molecule has 0 radical (unpaired) electrons. The molecule has 2 aromatic rings. The Morgan fingerprint density at radius 1 is 1.00 bits per heavy atom. The summed E-state index contributed by atoms with van der Waals surface area (Å²) in [6.45, 7) is 4.09. The van der Waals surface area contributed by atoms with E-state index < -0.39 is 0 Å². The molecular formula is C19H23NO3. The van der Waals surface area contributed by atoms with Crippen molar-refractivity contribution in [3.8, 4) is 17.1 Å². The lowest BCUT2D eigenvalue weighted by Crippen LogP contribution is -2.29. The summed E-state index contributed by atoms with van der Waals surface area (Å²) < 4.78 is 11.3. The van der Waals surface area contributed by atoms with Crippen LogP contribution in [-0.4, -0.2) is 37.4 Å². The van der Waals surface area contributed by atoms with Gasteiger partial charge in [-0.25, -0.2) is 0 Å². The van der Waals surface area contributed by atoms with Crippen LogP contribution < -0.4 is 4.74 Å². The molecule has 0 bridgehead atoms. The summed E-state index contributed by atoms with van der Waals surface area (Å²) in [7, 11) is 0. The topological polar surface area (TPSA) is 42.7 Å². The van der Waals surface area contributed by atoms with Crippen LogP contribution in [0.15, 0.2) is 40.8 Å². The van der Waals surface area contributed by atoms with Crippen molar-refractivity contribution in [3.05, 3.63) is 42.2 Å². The maximum absolute atomic E-state index is 10.7. The summed E-state index contributed by atoms with van der Waals surface area (Å²) in [5, 5.41) is 0. The average Bonchev–Trinajstić information content (AvgIpc) is 2.92. The molecule has 23 heavy (non-hydrogen) atoms. The molecule has 1 aromatic heterocycles. The van der Waals surface area contributed by atoms with Gasteiger partial charge in [0.15, 0.2) is 12.0 Å². The third-order valence-corrected chi connectivity index (χ3v) is 4.26. The van der Waals surface area contributed by atoms with Gasteiger partial charge in [-0.05, 0) is 62.3 Å². The zero-order chi connectivity index (χ0) is 15.9. The van der Waals surface area contributed by atoms with Crippen molar-refractivity contribution in [2.24, 2.45) is 0 Å². The fraction of sp³-hybridized carbons (Fsp3) is 0.421. The number of hydrogen-bond donors (Lipinski definition) is 0. The lowest BCUT2D eigenvalue weighted by molar-refractivity contribution is 0.110. The highest BCUT2D eigenvalue weighted by Crippen LogP contribution is 2.24. The molecule has 122 valence electrons. The molecule has 0 spiro atoms. The van der Waals surface area contributed by atoms with E-state index in [1.807, 2.05) is 24.3 Å². The first-order valence-electron chi connectivity index (χ1n) is 8.36. The number of rotatable bonds is 6. The number of carbonyl (C=O) groups excluding carboxylic acids is 1. The van der Waals surface area contributed by atoms with Crippen LogP contribution in [0, 0.1) is 0 Å². The normalized spacial score (nSPS) is 16.0. The lowest BCUT2D eigenvalue weighted by atomic mass is 10.2. The maximum Gasteiger partial charge on any atom is 0.185 e. The highest BCUT2D eigenvalue weighted by atomic mass is 16.5. The Kier molecular flexibility index (Phi) is 5.48. The van der Waals surface area contributed by atoms with E-state index in [1.165, 1.54) is 38.8 Å². The molecule has 0 saturated carbocycles. The van der Waals surface area contributed by atoms with Crippen LogP contribution >= 0.6 is 0 Å². The van der Waals surface area contributed by atoms with Gasteiger partial charge in [0.1, 0.15) is 18.1 Å². The fourth-order valence-corrected chi connectivity index (χ4v) is 2.94. The van der Waals surface area contributed by atoms with E-state index >= 15 is 0 Å². The molecule has 0 amide bonds. The van der Waals surface area contributed by atoms with Gasteiger partial charge in [-0.1, -0.05) is 12.8 Å². The minimum Gasteiger partial charge on any atom is -0.492 e. The van der Waals surface area contributed by atoms with Crippen molar-refractivity contribution in [1.82, 2.24) is 4.90 Å². The Balaban J connectivity index is 1.50. The Morgan fingerprint density at radius 3 is 2.39 bits per heavy atom. The lowest BCUT2D eigenvalue weighted by Gasteiger charge is -2.19. The molecule has 2 heterocycles. The van der Waals surface area contributed by atoms with E-state index in [0.717, 1.165) is 24.5 Å². The molecule has 1 aromatic carbocycles. The number of ether oxygens (including phenoxy) is 1. The average molecular weight is 313 g/mol. The fourth-order valence-electron chi connectivity index (χ4n) is 2.94. The summed E-state index contributed by atoms with van der Waals surface area (Å²) in [5.74, 6) is 1.91. The molecule has 1 aliphatic rings. The van der Waals surface area contributed by atoms with E-state index in [0.29, 0.717) is 17.8 Å². The van der Waals surface area contributed by atoms with E-state index in [1.54, 1.807) is 12.1 Å². The predicted molar refractivity (Wildman–Crippen MR) is 89.9 cm³/mol. The second kappa shape index (κ2) is 7.97. The largest absolute Gasteiger partial charge is 0.492 e. The minimum absolute atomic E-state index is 0.345. The van der Waals surface area contributed by atoms with Crippen LogP contribution in [-0.2, 0) is 0 Å². The second-order valence-corrected chi connectivity index (χ2v) is 5.95. The van der Waals surface area contributed by atoms with Gasteiger partial charge in [-0.2, -0.15) is 0 Å². The number of carbonyl (C=O) groups is 1. The number of nitrogens with zero attached hydrogens (tertiary/aromatic N) is 1. The molecule has 1 saturated heterocycles. The first-order valence-corrected chi connectivity index (χ1v) is 8.36. The zero-order valence-corrected chi connectivity index (χ0v) is 13.4. The molecule has 0 aliphatic carbocycles. The summed E-state index contributed by atoms with van der Waals surface area (Å²) in [6.07, 6.45) is 6.04. The molecule has 4 nitrogen and oxygen atoms in total. The van der Waals surface area contributed by atoms with E-state index in [-0.39, 0.29) is 0 Å². The van der Waals surface area contributed by atoms with E-state index in [2.05, 4.69) is 4.90 Å². The predicted octanol–water partition coefficient (Wildman–Crippen LogP) is 4.01. The summed E-state index contributed by atoms with van der Waals surface area (Å²) >= 11 is 0. The van der Waals surface area contributed by atoms with E-state index in [9.17, 15) is 4.79 Å². The van der Waals surface area contributed by atoms with Crippen molar-refractivity contribution < 1.29 is 13.9 Å². The number of furan rings is 1. The van der Waals surface area contributed by atoms with Crippen LogP contribution in [0.2, 0.25) is 0 Å². The number of aldehydes is 1. The van der Waals surface area contributed by atoms with Gasteiger partial charge in [-0.3, -0.25) is 9.69 Å². The monoisotopic (exact) mass is 313 g/mol. The van der Waals surface area contributed by atoms with Gasteiger partial charge in [0.05, 0.1) is 0 Å². The Labute approximate surface area is 137 Å². The van der Waals surface area contributed by atoms with Crippen LogP contribution in [0.25, 0.3) is 11.3 Å². The third kappa shape index (κ3) is 4.45. The first kappa shape index (κ1) is 15.8. The SMILES string of the molecule is O=Cc1ccc(-c2ccc(OCCN3CCCCCC3)cc2)o1. The first-order chi connectivity index (χ1) is 11.3. The van der Waals surface area contributed by atoms with Crippen LogP contribution in [0.1, 0.15) is 36.2 Å². The van der Waals surface area contributed by atoms with Gasteiger partial charge in [0.25, 0.3) is 0 Å². The smallest absolute Gasteiger partial charge is 0.185 e. The molecule has 3 rings (SSSR count). The molecule has 0 atom stereocenters. The molecular weight excluding hydrogens is 290 g/mol. The number of hydrogen-bond acceptors (Lipinski definition) is 4. The van der Waals surface area contributed by atoms with E-state index in [4.69, 9.17) is 9.15 Å². The quantitative estimate of drug-likeness (QED) is 0.756. The van der Waals surface area contributed by atoms with Crippen LogP contribution in [0.4, 0.5) is 0 Å². The number of likely N-dealkylation sites (tertiary alicyclic amines) is 1. The van der Waals surface area contributed by atoms with Crippen molar-refractivity contribution >= 4 is 6.29 Å². The number of benzene rings is 1. The molecule has 4 heteroatoms. The summed E-state index contributed by atoms with van der Waals surface area (Å²) in [5.41, 5.74) is 0.943. The van der Waals surface area contributed by atoms with Crippen LogP contribution in [0.3, 0.4) is 0 Å². The summed E-state index contributed by atoms with van der Waals surface area (Å²) in [4.78, 5) is 13.1. The Hall–Kier alpha value is -2.07. The molecule has 1 fully saturated rings. The van der Waals surface area contributed by atoms with Crippen molar-refractivity contribution in [3.63, 3.8) is 0 Å². The molecule has 1 aliphatic heterocycles. The highest BCUT2D eigenvalue weighted by Gasteiger charge is 2.09. The second-order valence-electron chi connectivity index (χ2n) is 5.95. The molecule has 0 N–H and O–H groups in total. The third-order valence-electron chi connectivity index (χ3n) is 4.26.